The predicted octanol–water partition coefficient (Wildman–Crippen LogP) is 2.00. The SMILES string of the molecule is Cc1nsc2[nH]c(=O)n(/N=C/c3ccc(OC[C@H](O)CNC4CCCCC4)cc3)c(=O)c12. The molecule has 1 aliphatic carbocycles. The van der Waals surface area contributed by atoms with Crippen LogP contribution in [-0.4, -0.2) is 50.7 Å². The Balaban J connectivity index is 1.33. The highest BCUT2D eigenvalue weighted by molar-refractivity contribution is 7.12. The second kappa shape index (κ2) is 10.2. The van der Waals surface area contributed by atoms with Gasteiger partial charge < -0.3 is 15.2 Å². The van der Waals surface area contributed by atoms with Gasteiger partial charge in [-0.2, -0.15) is 9.47 Å². The number of ether oxygens (including phenoxy) is 1. The van der Waals surface area contributed by atoms with Crippen LogP contribution in [0.4, 0.5) is 0 Å². The molecule has 0 aliphatic heterocycles. The standard InChI is InChI=1S/C22H27N5O4S/c1-14-19-20(32-26-14)25-22(30)27(21(19)29)24-11-15-7-9-18(10-8-15)31-13-17(28)12-23-16-5-3-2-4-6-16/h7-11,16-17,23,28H,2-6,12-13H2,1H3,(H,25,30)/b24-11+/t17-/m1/s1. The quantitative estimate of drug-likeness (QED) is 0.445. The van der Waals surface area contributed by atoms with E-state index in [0.717, 1.165) is 16.2 Å². The highest BCUT2D eigenvalue weighted by atomic mass is 32.1. The van der Waals surface area contributed by atoms with Crippen LogP contribution in [0.25, 0.3) is 10.2 Å². The second-order valence-electron chi connectivity index (χ2n) is 8.04. The van der Waals surface area contributed by atoms with Crippen molar-refractivity contribution in [3.63, 3.8) is 0 Å². The molecule has 0 saturated heterocycles. The molecule has 1 aliphatic rings. The number of aromatic amines is 1. The number of hydrogen-bond acceptors (Lipinski definition) is 8. The van der Waals surface area contributed by atoms with Crippen molar-refractivity contribution in [1.82, 2.24) is 19.4 Å². The topological polar surface area (TPSA) is 122 Å². The first kappa shape index (κ1) is 22.4. The van der Waals surface area contributed by atoms with E-state index in [1.165, 1.54) is 38.3 Å². The van der Waals surface area contributed by atoms with E-state index in [4.69, 9.17) is 4.74 Å². The average Bonchev–Trinajstić information content (AvgIpc) is 3.18. The van der Waals surface area contributed by atoms with Gasteiger partial charge in [-0.05, 0) is 61.1 Å². The first-order chi connectivity index (χ1) is 15.5. The Labute approximate surface area is 188 Å². The van der Waals surface area contributed by atoms with Crippen molar-refractivity contribution >= 4 is 28.0 Å². The number of nitrogens with zero attached hydrogens (tertiary/aromatic N) is 3. The average molecular weight is 458 g/mol. The van der Waals surface area contributed by atoms with Crippen LogP contribution in [0.15, 0.2) is 39.0 Å². The molecule has 1 atom stereocenters. The number of fused-ring (bicyclic) bond motifs is 1. The van der Waals surface area contributed by atoms with Gasteiger partial charge in [0.1, 0.15) is 23.3 Å². The fourth-order valence-corrected chi connectivity index (χ4v) is 4.57. The van der Waals surface area contributed by atoms with Gasteiger partial charge in [-0.1, -0.05) is 19.3 Å². The van der Waals surface area contributed by atoms with E-state index in [-0.39, 0.29) is 6.61 Å². The molecule has 2 aromatic heterocycles. The van der Waals surface area contributed by atoms with Gasteiger partial charge in [-0.15, -0.1) is 4.68 Å². The highest BCUT2D eigenvalue weighted by Gasteiger charge is 2.15. The summed E-state index contributed by atoms with van der Waals surface area (Å²) in [6, 6.07) is 7.54. The van der Waals surface area contributed by atoms with E-state index in [9.17, 15) is 14.7 Å². The summed E-state index contributed by atoms with van der Waals surface area (Å²) in [6.45, 7) is 2.43. The lowest BCUT2D eigenvalue weighted by molar-refractivity contribution is 0.102. The number of benzene rings is 1. The van der Waals surface area contributed by atoms with Crippen molar-refractivity contribution in [2.24, 2.45) is 5.10 Å². The molecule has 0 spiro atoms. The van der Waals surface area contributed by atoms with E-state index in [2.05, 4.69) is 19.8 Å². The van der Waals surface area contributed by atoms with Crippen LogP contribution in [0, 0.1) is 6.92 Å². The van der Waals surface area contributed by atoms with Crippen molar-refractivity contribution in [2.75, 3.05) is 13.2 Å². The fourth-order valence-electron chi connectivity index (χ4n) is 3.80. The smallest absolute Gasteiger partial charge is 0.350 e. The molecule has 9 nitrogen and oxygen atoms in total. The second-order valence-corrected chi connectivity index (χ2v) is 8.81. The van der Waals surface area contributed by atoms with E-state index < -0.39 is 17.4 Å². The van der Waals surface area contributed by atoms with Crippen LogP contribution in [0.5, 0.6) is 5.75 Å². The van der Waals surface area contributed by atoms with Gasteiger partial charge in [0.15, 0.2) is 0 Å². The van der Waals surface area contributed by atoms with Gasteiger partial charge in [-0.25, -0.2) is 4.79 Å². The third kappa shape index (κ3) is 5.32. The fraction of sp³-hybridized carbons (Fsp3) is 0.455. The zero-order valence-corrected chi connectivity index (χ0v) is 18.7. The molecule has 3 N–H and O–H groups in total. The number of rotatable bonds is 8. The van der Waals surface area contributed by atoms with Crippen molar-refractivity contribution < 1.29 is 9.84 Å². The normalized spacial score (nSPS) is 16.1. The van der Waals surface area contributed by atoms with Crippen LogP contribution in [0.3, 0.4) is 0 Å². The Bertz CT molecular complexity index is 1190. The van der Waals surface area contributed by atoms with E-state index in [0.29, 0.717) is 39.8 Å². The third-order valence-corrected chi connectivity index (χ3v) is 6.43. The third-order valence-electron chi connectivity index (χ3n) is 5.57. The van der Waals surface area contributed by atoms with E-state index in [1.807, 2.05) is 0 Å². The number of nitrogens with one attached hydrogen (secondary N) is 2. The molecule has 0 unspecified atom stereocenters. The molecule has 170 valence electrons. The minimum Gasteiger partial charge on any atom is -0.491 e. The summed E-state index contributed by atoms with van der Waals surface area (Å²) < 4.78 is 10.6. The number of aryl methyl sites for hydroxylation is 1. The molecule has 3 aromatic rings. The van der Waals surface area contributed by atoms with Gasteiger partial charge in [0, 0.05) is 12.6 Å². The molecular weight excluding hydrogens is 430 g/mol. The maximum atomic E-state index is 12.6. The Morgan fingerprint density at radius 3 is 2.81 bits per heavy atom. The zero-order valence-electron chi connectivity index (χ0n) is 17.9. The number of hydrogen-bond donors (Lipinski definition) is 3. The van der Waals surface area contributed by atoms with Crippen LogP contribution in [-0.2, 0) is 0 Å². The lowest BCUT2D eigenvalue weighted by Gasteiger charge is -2.24. The summed E-state index contributed by atoms with van der Waals surface area (Å²) in [4.78, 5) is 27.8. The van der Waals surface area contributed by atoms with Gasteiger partial charge >= 0.3 is 5.69 Å². The Hall–Kier alpha value is -2.82. The molecule has 32 heavy (non-hydrogen) atoms. The maximum Gasteiger partial charge on any atom is 0.350 e. The summed E-state index contributed by atoms with van der Waals surface area (Å²) in [5.41, 5.74) is 0.150. The predicted molar refractivity (Wildman–Crippen MR) is 125 cm³/mol. The Kier molecular flexibility index (Phi) is 7.13. The monoisotopic (exact) mass is 457 g/mol. The Morgan fingerprint density at radius 1 is 1.31 bits per heavy atom. The van der Waals surface area contributed by atoms with Gasteiger partial charge in [0.2, 0.25) is 0 Å². The molecule has 10 heteroatoms. The molecule has 0 bridgehead atoms. The van der Waals surface area contributed by atoms with Crippen LogP contribution in [0.2, 0.25) is 0 Å². The molecule has 2 heterocycles. The lowest BCUT2D eigenvalue weighted by Crippen LogP contribution is -2.38. The first-order valence-electron chi connectivity index (χ1n) is 10.8. The minimum atomic E-state index is -0.613. The van der Waals surface area contributed by atoms with Crippen molar-refractivity contribution in [1.29, 1.82) is 0 Å². The molecule has 0 amide bonds. The number of H-pyrrole nitrogens is 1. The molecule has 1 saturated carbocycles. The van der Waals surface area contributed by atoms with Crippen LogP contribution < -0.4 is 21.3 Å². The molecule has 4 rings (SSSR count). The molecular formula is C22H27N5O4S. The summed E-state index contributed by atoms with van der Waals surface area (Å²) in [7, 11) is 0. The van der Waals surface area contributed by atoms with Gasteiger partial charge in [0.25, 0.3) is 5.56 Å². The summed E-state index contributed by atoms with van der Waals surface area (Å²) in [5, 5.41) is 18.0. The van der Waals surface area contributed by atoms with Gasteiger partial charge in [-0.3, -0.25) is 9.78 Å². The highest BCUT2D eigenvalue weighted by Crippen LogP contribution is 2.17. The summed E-state index contributed by atoms with van der Waals surface area (Å²) in [5.74, 6) is 0.621. The summed E-state index contributed by atoms with van der Waals surface area (Å²) in [6.07, 6.45) is 7.01. The number of aliphatic hydroxyl groups is 1. The number of aliphatic hydroxyl groups excluding tert-OH is 1. The molecule has 0 radical (unpaired) electrons. The Morgan fingerprint density at radius 2 is 2.06 bits per heavy atom. The maximum absolute atomic E-state index is 12.6. The van der Waals surface area contributed by atoms with Crippen LogP contribution in [0.1, 0.15) is 43.4 Å². The number of aromatic nitrogens is 3. The molecule has 1 aromatic carbocycles. The van der Waals surface area contributed by atoms with Crippen molar-refractivity contribution in [2.45, 2.75) is 51.2 Å². The largest absolute Gasteiger partial charge is 0.491 e. The lowest BCUT2D eigenvalue weighted by atomic mass is 9.95. The van der Waals surface area contributed by atoms with Gasteiger partial charge in [0.05, 0.1) is 17.3 Å². The first-order valence-corrected chi connectivity index (χ1v) is 11.6. The molecule has 1 fully saturated rings. The van der Waals surface area contributed by atoms with E-state index >= 15 is 0 Å². The van der Waals surface area contributed by atoms with Crippen molar-refractivity contribution in [3.8, 4) is 5.75 Å². The van der Waals surface area contributed by atoms with Crippen LogP contribution >= 0.6 is 11.5 Å². The minimum absolute atomic E-state index is 0.200. The zero-order chi connectivity index (χ0) is 22.5. The van der Waals surface area contributed by atoms with Crippen molar-refractivity contribution in [3.05, 3.63) is 56.4 Å². The van der Waals surface area contributed by atoms with E-state index in [1.54, 1.807) is 31.2 Å². The summed E-state index contributed by atoms with van der Waals surface area (Å²) >= 11 is 1.08.